The van der Waals surface area contributed by atoms with E-state index in [1.165, 1.54) is 31.1 Å². The largest absolute Gasteiger partial charge is 0.480 e. The molecule has 16 atom stereocenters. The summed E-state index contributed by atoms with van der Waals surface area (Å²) in [6.07, 6.45) is 5.47. The van der Waals surface area contributed by atoms with E-state index in [1.807, 2.05) is 24.6 Å². The number of nitrogens with two attached hydrogens (primary N) is 3. The minimum Gasteiger partial charge on any atom is -0.480 e. The SMILES string of the molecule is CC[C@H](C)[C@@H]([C@@H](CC(=O)N1CCC[C@H]1[C@H](OC)[C@@H](C)C(=O)N[C@@H](Cc1ccccc1)C(=O)O)OC)N(C)C(=O)[C@@H](NC(=O)[C@H](C(C)C)N(C)C(=O)OCc1ccc(NC(=O)[C@H](CCCCCNC(N)=O)NC(=O)[C@@H](NC(=O)CCCCCN2C(=O)CC(SCC(N)C(=O)NCCCn3nnc4c3CC[C@@H]3[C@H](CC4)[C@@H]3COC(N)=O)C2=O)C(C)C)cc1)C(C)C. The second kappa shape index (κ2) is 49.6. The van der Waals surface area contributed by atoms with Crippen LogP contribution >= 0.6 is 11.8 Å². The number of thioether (sulfide) groups is 1. The van der Waals surface area contributed by atoms with Crippen molar-refractivity contribution in [3.63, 3.8) is 0 Å². The van der Waals surface area contributed by atoms with Crippen molar-refractivity contribution in [1.29, 1.82) is 0 Å². The average molecular weight is 1760 g/mol. The Hall–Kier alpha value is -10.0. The molecule has 0 bridgehead atoms. The highest BCUT2D eigenvalue weighted by Gasteiger charge is 2.51. The Bertz CT molecular complexity index is 4080. The van der Waals surface area contributed by atoms with Crippen LogP contribution in [0.15, 0.2) is 54.6 Å². The van der Waals surface area contributed by atoms with Gasteiger partial charge in [-0.2, -0.15) is 0 Å². The second-order valence-electron chi connectivity index (χ2n) is 34.3. The number of anilines is 1. The normalized spacial score (nSPS) is 19.4. The van der Waals surface area contributed by atoms with Crippen LogP contribution in [0.1, 0.15) is 188 Å². The molecule has 124 heavy (non-hydrogen) atoms. The Morgan fingerprint density at radius 2 is 1.35 bits per heavy atom. The van der Waals surface area contributed by atoms with Crippen molar-refractivity contribution in [2.45, 2.75) is 263 Å². The number of nitrogens with one attached hydrogen (secondary N) is 7. The number of carboxylic acid groups (broad SMARTS) is 1. The van der Waals surface area contributed by atoms with Crippen LogP contribution in [0.4, 0.5) is 20.1 Å². The van der Waals surface area contributed by atoms with Crippen LogP contribution in [0.2, 0.25) is 0 Å². The van der Waals surface area contributed by atoms with E-state index in [-0.39, 0.29) is 80.6 Å². The molecule has 0 spiro atoms. The Labute approximate surface area is 731 Å². The molecule has 3 aromatic rings. The molecule has 2 unspecified atom stereocenters. The number of fused-ring (bicyclic) bond motifs is 2. The van der Waals surface area contributed by atoms with E-state index in [0.717, 1.165) is 59.3 Å². The van der Waals surface area contributed by atoms with Crippen LogP contribution in [0.5, 0.6) is 0 Å². The number of amides is 14. The van der Waals surface area contributed by atoms with E-state index in [9.17, 15) is 72.2 Å². The summed E-state index contributed by atoms with van der Waals surface area (Å²) in [6.45, 7) is 17.9. The molecular weight excluding hydrogens is 1620 g/mol. The molecule has 3 heterocycles. The molecule has 37 heteroatoms. The topological polar surface area (TPSA) is 502 Å². The van der Waals surface area contributed by atoms with Crippen LogP contribution in [0, 0.1) is 47.3 Å². The number of aromatic nitrogens is 3. The molecule has 688 valence electrons. The number of nitrogens with zero attached hydrogens (tertiary/aromatic N) is 7. The van der Waals surface area contributed by atoms with Crippen molar-refractivity contribution < 1.29 is 91.2 Å². The van der Waals surface area contributed by atoms with Crippen molar-refractivity contribution in [3.05, 3.63) is 77.1 Å². The van der Waals surface area contributed by atoms with E-state index < -0.39 is 149 Å². The maximum Gasteiger partial charge on any atom is 0.410 e. The van der Waals surface area contributed by atoms with Gasteiger partial charge in [0, 0.05) is 91.7 Å². The van der Waals surface area contributed by atoms with Gasteiger partial charge < -0.3 is 88.3 Å². The number of hydrogen-bond donors (Lipinski definition) is 11. The van der Waals surface area contributed by atoms with Gasteiger partial charge in [-0.15, -0.1) is 16.9 Å². The standard InChI is InChI=1S/C87H135N17O19S/c1-14-53(8)75(67(120-12)45-70(106)102-42-24-29-66(102)76(121-13)54(9)77(108)95-64(84(115)116)44-55-26-18-15-19-27-55)100(10)83(114)73(51(4)5)97-81(112)74(52(6)7)101(11)87(119)123-47-56-31-33-57(34-32-56)93-79(110)63(28-20-16-22-39-92-85(89)117)94-80(111)72(50(2)3)96-69(105)30-21-17-23-41-103-71(107)46-68(82(103)113)124-49-61(88)78(109)91-40-25-43-104-65-38-36-59-58(35-37-62(65)98-99-104)60(59)48-122-86(90)118/h15,18-19,26-27,31-34,50-54,58-61,63-64,66-68,72-76H,14,16-17,20-25,28-30,35-49,88H2,1-13H3,(H2,90,118)(H,91,109)(H,93,110)(H,94,111)(H,95,108)(H,96,105)(H,97,112)(H,115,116)(H3,89,92,117)/t53-,54+,58-,59+,60-,61?,63-,64-,66-,67+,68?,72-,73-,74-,75-,76+/m0/s1. The van der Waals surface area contributed by atoms with Gasteiger partial charge in [0.05, 0.1) is 65.9 Å². The first-order chi connectivity index (χ1) is 59.0. The molecule has 3 fully saturated rings. The van der Waals surface area contributed by atoms with Gasteiger partial charge in [-0.25, -0.2) is 23.9 Å². The first-order valence-corrected chi connectivity index (χ1v) is 44.8. The van der Waals surface area contributed by atoms with E-state index in [1.54, 1.807) is 109 Å². The van der Waals surface area contributed by atoms with Crippen molar-refractivity contribution in [1.82, 2.24) is 66.5 Å². The molecule has 7 rings (SSSR count). The number of unbranched alkanes of at least 4 members (excludes halogenated alkanes) is 4. The monoisotopic (exact) mass is 1750 g/mol. The van der Waals surface area contributed by atoms with Gasteiger partial charge in [0.15, 0.2) is 0 Å². The molecule has 2 saturated heterocycles. The summed E-state index contributed by atoms with van der Waals surface area (Å²) in [6, 6.07) is 7.03. The van der Waals surface area contributed by atoms with E-state index in [4.69, 9.17) is 36.1 Å². The summed E-state index contributed by atoms with van der Waals surface area (Å²) in [5.74, 6) is -6.78. The number of primary amides is 2. The number of rotatable bonds is 51. The molecule has 4 aliphatic rings. The summed E-state index contributed by atoms with van der Waals surface area (Å²) in [4.78, 5) is 193. The van der Waals surface area contributed by atoms with Crippen LogP contribution in [0.3, 0.4) is 0 Å². The van der Waals surface area contributed by atoms with Crippen molar-refractivity contribution >= 4 is 101 Å². The first-order valence-electron chi connectivity index (χ1n) is 43.7. The fourth-order valence-corrected chi connectivity index (χ4v) is 18.2. The van der Waals surface area contributed by atoms with E-state index in [2.05, 4.69) is 47.5 Å². The molecule has 14 N–H and O–H groups in total. The summed E-state index contributed by atoms with van der Waals surface area (Å²) < 4.78 is 24.7. The average Bonchev–Trinajstić information content (AvgIpc) is 1.61. The summed E-state index contributed by atoms with van der Waals surface area (Å²) in [5.41, 5.74) is 20.3. The Balaban J connectivity index is 0.852. The summed E-state index contributed by atoms with van der Waals surface area (Å²) in [5, 5.41) is 37.7. The number of carbonyl (C=O) groups is 14. The number of aliphatic carboxylic acids is 1. The lowest BCUT2D eigenvalue weighted by molar-refractivity contribution is -0.148. The lowest BCUT2D eigenvalue weighted by Gasteiger charge is -2.41. The number of carbonyl (C=O) groups excluding carboxylic acids is 13. The van der Waals surface area contributed by atoms with Crippen LogP contribution in [-0.2, 0) is 104 Å². The molecule has 1 saturated carbocycles. The highest BCUT2D eigenvalue weighted by atomic mass is 32.2. The molecule has 36 nitrogen and oxygen atoms in total. The summed E-state index contributed by atoms with van der Waals surface area (Å²) >= 11 is 1.16. The van der Waals surface area contributed by atoms with Crippen LogP contribution < -0.4 is 54.4 Å². The zero-order chi connectivity index (χ0) is 91.2. The van der Waals surface area contributed by atoms with Gasteiger partial charge in [0.1, 0.15) is 36.8 Å². The van der Waals surface area contributed by atoms with Gasteiger partial charge >= 0.3 is 24.2 Å². The molecule has 2 aromatic carbocycles. The number of hydrogen-bond acceptors (Lipinski definition) is 22. The third-order valence-corrected chi connectivity index (χ3v) is 25.7. The first kappa shape index (κ1) is 101. The third-order valence-electron chi connectivity index (χ3n) is 24.4. The zero-order valence-electron chi connectivity index (χ0n) is 74.3. The zero-order valence-corrected chi connectivity index (χ0v) is 75.1. The molecule has 0 radical (unpaired) electrons. The highest BCUT2D eigenvalue weighted by molar-refractivity contribution is 8.00. The number of benzene rings is 2. The van der Waals surface area contributed by atoms with Gasteiger partial charge in [0.25, 0.3) is 0 Å². The van der Waals surface area contributed by atoms with Gasteiger partial charge in [-0.3, -0.25) is 57.7 Å². The lowest BCUT2D eigenvalue weighted by atomic mass is 9.89. The summed E-state index contributed by atoms with van der Waals surface area (Å²) in [7, 11) is 5.96. The fraction of sp³-hybridized carbons (Fsp3) is 0.678. The fourth-order valence-electron chi connectivity index (χ4n) is 17.0. The predicted octanol–water partition coefficient (Wildman–Crippen LogP) is 5.33. The maximum absolute atomic E-state index is 14.9. The van der Waals surface area contributed by atoms with Crippen molar-refractivity contribution in [3.8, 4) is 0 Å². The number of likely N-dealkylation sites (N-methyl/N-ethyl adjacent to an activating group) is 2. The second-order valence-corrected chi connectivity index (χ2v) is 35.6. The van der Waals surface area contributed by atoms with Crippen molar-refractivity contribution in [2.24, 2.45) is 64.5 Å². The third kappa shape index (κ3) is 29.6. The van der Waals surface area contributed by atoms with E-state index >= 15 is 0 Å². The Kier molecular flexibility index (Phi) is 40.4. The van der Waals surface area contributed by atoms with Crippen LogP contribution in [-0.4, -0.2) is 256 Å². The molecule has 14 amide bonds. The number of likely N-dealkylation sites (tertiary alicyclic amines) is 2. The molecule has 2 aliphatic carbocycles. The molecular formula is C87H135N17O19S. The smallest absolute Gasteiger partial charge is 0.410 e. The Morgan fingerprint density at radius 1 is 0.677 bits per heavy atom. The van der Waals surface area contributed by atoms with Gasteiger partial charge in [-0.05, 0) is 135 Å². The lowest BCUT2D eigenvalue weighted by Crippen LogP contribution is -2.60. The number of urea groups is 1. The molecule has 2 aliphatic heterocycles. The van der Waals surface area contributed by atoms with Crippen LogP contribution in [0.25, 0.3) is 0 Å². The number of aryl methyl sites for hydroxylation is 2. The van der Waals surface area contributed by atoms with Gasteiger partial charge in [-0.1, -0.05) is 136 Å². The number of ether oxygens (including phenoxy) is 4. The van der Waals surface area contributed by atoms with E-state index in [0.29, 0.717) is 126 Å². The number of carboxylic acids is 1. The Morgan fingerprint density at radius 3 is 1.98 bits per heavy atom. The van der Waals surface area contributed by atoms with Crippen molar-refractivity contribution in [2.75, 3.05) is 72.2 Å². The minimum absolute atomic E-state index is 0.0287. The minimum atomic E-state index is -1.20. The predicted molar refractivity (Wildman–Crippen MR) is 463 cm³/mol. The maximum atomic E-state index is 14.9. The number of methoxy groups -OCH3 is 2. The number of imide groups is 1. The van der Waals surface area contributed by atoms with Gasteiger partial charge in [0.2, 0.25) is 59.1 Å². The molecule has 1 aromatic heterocycles. The quantitative estimate of drug-likeness (QED) is 0.0251. The highest BCUT2D eigenvalue weighted by Crippen LogP contribution is 2.53.